The summed E-state index contributed by atoms with van der Waals surface area (Å²) in [7, 11) is 0. The maximum Gasteiger partial charge on any atom is 0.269 e. The lowest BCUT2D eigenvalue weighted by atomic mass is 10.0. The molecule has 0 fully saturated rings. The van der Waals surface area contributed by atoms with E-state index in [-0.39, 0.29) is 17.6 Å². The molecule has 1 aromatic carbocycles. The van der Waals surface area contributed by atoms with E-state index in [1.807, 2.05) is 6.92 Å². The zero-order valence-electron chi connectivity index (χ0n) is 9.97. The van der Waals surface area contributed by atoms with E-state index in [0.29, 0.717) is 12.8 Å². The molecule has 5 nitrogen and oxygen atoms in total. The molecule has 0 aliphatic rings. The van der Waals surface area contributed by atoms with Crippen molar-refractivity contribution in [2.75, 3.05) is 0 Å². The smallest absolute Gasteiger partial charge is 0.269 e. The molecule has 0 bridgehead atoms. The Morgan fingerprint density at radius 1 is 1.47 bits per heavy atom. The molecule has 0 aliphatic carbocycles. The van der Waals surface area contributed by atoms with Crippen LogP contribution in [0.25, 0.3) is 0 Å². The Bertz CT molecular complexity index is 418. The summed E-state index contributed by atoms with van der Waals surface area (Å²) in [5.74, 6) is -0.0524. The molecule has 0 aliphatic heterocycles. The summed E-state index contributed by atoms with van der Waals surface area (Å²) in [6.07, 6.45) is 1.11. The number of hydrogen-bond acceptors (Lipinski definition) is 3. The Morgan fingerprint density at radius 3 is 2.71 bits per heavy atom. The highest BCUT2D eigenvalue weighted by atomic mass is 16.6. The van der Waals surface area contributed by atoms with Gasteiger partial charge in [0.05, 0.1) is 11.0 Å². The topological polar surface area (TPSA) is 72.2 Å². The monoisotopic (exact) mass is 236 g/mol. The molecule has 1 rings (SSSR count). The number of nitro groups is 1. The Kier molecular flexibility index (Phi) is 4.63. The van der Waals surface area contributed by atoms with Gasteiger partial charge in [0.1, 0.15) is 0 Å². The second kappa shape index (κ2) is 5.98. The molecule has 92 valence electrons. The number of nitrogens with zero attached hydrogens (tertiary/aromatic N) is 1. The van der Waals surface area contributed by atoms with Gasteiger partial charge in [-0.3, -0.25) is 14.9 Å². The first-order valence-corrected chi connectivity index (χ1v) is 5.62. The van der Waals surface area contributed by atoms with Gasteiger partial charge in [-0.05, 0) is 12.0 Å². The fourth-order valence-electron chi connectivity index (χ4n) is 1.57. The van der Waals surface area contributed by atoms with Crippen molar-refractivity contribution < 1.29 is 9.72 Å². The van der Waals surface area contributed by atoms with Crippen LogP contribution in [0, 0.1) is 10.1 Å². The lowest BCUT2D eigenvalue weighted by Gasteiger charge is -2.16. The van der Waals surface area contributed by atoms with Crippen LogP contribution in [0.15, 0.2) is 24.3 Å². The summed E-state index contributed by atoms with van der Waals surface area (Å²) in [5, 5.41) is 13.5. The highest BCUT2D eigenvalue weighted by Gasteiger charge is 2.14. The number of amides is 1. The molecule has 0 aromatic heterocycles. The van der Waals surface area contributed by atoms with E-state index in [1.165, 1.54) is 12.1 Å². The zero-order chi connectivity index (χ0) is 12.8. The second-order valence-electron chi connectivity index (χ2n) is 3.73. The first-order valence-electron chi connectivity index (χ1n) is 5.62. The minimum atomic E-state index is -0.433. The predicted molar refractivity (Wildman–Crippen MR) is 64.6 cm³/mol. The first-order chi connectivity index (χ1) is 8.08. The van der Waals surface area contributed by atoms with Gasteiger partial charge in [-0.2, -0.15) is 0 Å². The summed E-state index contributed by atoms with van der Waals surface area (Å²) < 4.78 is 0. The number of carbonyl (C=O) groups excluding carboxylic acids is 1. The number of hydrogen-bond donors (Lipinski definition) is 1. The third-order valence-corrected chi connectivity index (χ3v) is 2.55. The predicted octanol–water partition coefficient (Wildman–Crippen LogP) is 2.57. The number of non-ortho nitro benzene ring substituents is 1. The summed E-state index contributed by atoms with van der Waals surface area (Å²) in [5.41, 5.74) is 0.815. The number of carbonyl (C=O) groups is 1. The molecule has 0 spiro atoms. The molecule has 1 aromatic rings. The van der Waals surface area contributed by atoms with Crippen molar-refractivity contribution in [3.05, 3.63) is 39.9 Å². The lowest BCUT2D eigenvalue weighted by molar-refractivity contribution is -0.384. The van der Waals surface area contributed by atoms with Gasteiger partial charge in [0.2, 0.25) is 5.91 Å². The molecule has 17 heavy (non-hydrogen) atoms. The second-order valence-corrected chi connectivity index (χ2v) is 3.73. The number of benzene rings is 1. The quantitative estimate of drug-likeness (QED) is 0.630. The maximum absolute atomic E-state index is 11.3. The van der Waals surface area contributed by atoms with Crippen LogP contribution in [0.1, 0.15) is 38.3 Å². The summed E-state index contributed by atoms with van der Waals surface area (Å²) in [6, 6.07) is 6.20. The maximum atomic E-state index is 11.3. The van der Waals surface area contributed by atoms with Crippen molar-refractivity contribution in [1.82, 2.24) is 5.32 Å². The highest BCUT2D eigenvalue weighted by Crippen LogP contribution is 2.21. The molecule has 0 saturated carbocycles. The zero-order valence-corrected chi connectivity index (χ0v) is 9.97. The van der Waals surface area contributed by atoms with Crippen molar-refractivity contribution in [2.24, 2.45) is 0 Å². The average Bonchev–Trinajstić information content (AvgIpc) is 2.35. The van der Waals surface area contributed by atoms with Crippen LogP contribution < -0.4 is 5.32 Å². The van der Waals surface area contributed by atoms with E-state index in [4.69, 9.17) is 0 Å². The van der Waals surface area contributed by atoms with Crippen molar-refractivity contribution >= 4 is 11.6 Å². The van der Waals surface area contributed by atoms with Gasteiger partial charge in [0.15, 0.2) is 0 Å². The third-order valence-electron chi connectivity index (χ3n) is 2.55. The number of nitro benzene ring substituents is 1. The molecule has 1 atom stereocenters. The van der Waals surface area contributed by atoms with Gasteiger partial charge < -0.3 is 5.32 Å². The van der Waals surface area contributed by atoms with Gasteiger partial charge >= 0.3 is 0 Å². The van der Waals surface area contributed by atoms with Crippen LogP contribution in [0.3, 0.4) is 0 Å². The van der Waals surface area contributed by atoms with Gasteiger partial charge in [-0.25, -0.2) is 0 Å². The molecule has 5 heteroatoms. The van der Waals surface area contributed by atoms with E-state index in [0.717, 1.165) is 5.56 Å². The number of rotatable bonds is 5. The molecular weight excluding hydrogens is 220 g/mol. The van der Waals surface area contributed by atoms with Gasteiger partial charge in [0, 0.05) is 18.6 Å². The third kappa shape index (κ3) is 3.55. The van der Waals surface area contributed by atoms with Gasteiger partial charge in [0.25, 0.3) is 5.69 Å². The van der Waals surface area contributed by atoms with E-state index >= 15 is 0 Å². The van der Waals surface area contributed by atoms with Crippen molar-refractivity contribution in [3.63, 3.8) is 0 Å². The summed E-state index contributed by atoms with van der Waals surface area (Å²) in [6.45, 7) is 3.70. The van der Waals surface area contributed by atoms with Gasteiger partial charge in [-0.15, -0.1) is 0 Å². The van der Waals surface area contributed by atoms with Crippen LogP contribution in [0.2, 0.25) is 0 Å². The molecule has 0 unspecified atom stereocenters. The average molecular weight is 236 g/mol. The Morgan fingerprint density at radius 2 is 2.18 bits per heavy atom. The molecule has 1 N–H and O–H groups in total. The molecule has 0 heterocycles. The van der Waals surface area contributed by atoms with Crippen LogP contribution in [-0.2, 0) is 4.79 Å². The Balaban J connectivity index is 2.91. The van der Waals surface area contributed by atoms with Gasteiger partial charge in [-0.1, -0.05) is 26.0 Å². The van der Waals surface area contributed by atoms with Crippen LogP contribution in [0.5, 0.6) is 0 Å². The fourth-order valence-corrected chi connectivity index (χ4v) is 1.57. The standard InChI is InChI=1S/C12H16N2O3/c1-3-11(13-12(15)4-2)9-6-5-7-10(8-9)14(16)17/h5-8,11H,3-4H2,1-2H3,(H,13,15)/t11-/m0/s1. The molecule has 0 saturated heterocycles. The van der Waals surface area contributed by atoms with Crippen LogP contribution >= 0.6 is 0 Å². The highest BCUT2D eigenvalue weighted by molar-refractivity contribution is 5.76. The molecule has 1 amide bonds. The number of nitrogens with one attached hydrogen (secondary N) is 1. The van der Waals surface area contributed by atoms with Crippen LogP contribution in [0.4, 0.5) is 5.69 Å². The van der Waals surface area contributed by atoms with Crippen molar-refractivity contribution in [1.29, 1.82) is 0 Å². The largest absolute Gasteiger partial charge is 0.349 e. The van der Waals surface area contributed by atoms with Crippen molar-refractivity contribution in [3.8, 4) is 0 Å². The minimum absolute atomic E-state index is 0.0479. The minimum Gasteiger partial charge on any atom is -0.349 e. The Labute approximate surface area is 100.0 Å². The Hall–Kier alpha value is -1.91. The summed E-state index contributed by atoms with van der Waals surface area (Å²) in [4.78, 5) is 21.6. The summed E-state index contributed by atoms with van der Waals surface area (Å²) >= 11 is 0. The molecular formula is C12H16N2O3. The van der Waals surface area contributed by atoms with Crippen LogP contribution in [-0.4, -0.2) is 10.8 Å². The van der Waals surface area contributed by atoms with E-state index in [1.54, 1.807) is 19.1 Å². The first kappa shape index (κ1) is 13.2. The van der Waals surface area contributed by atoms with E-state index in [2.05, 4.69) is 5.32 Å². The normalized spacial score (nSPS) is 11.9. The SMILES string of the molecule is CCC(=O)N[C@@H](CC)c1cccc([N+](=O)[O-])c1. The fraction of sp³-hybridized carbons (Fsp3) is 0.417. The van der Waals surface area contributed by atoms with Crippen molar-refractivity contribution in [2.45, 2.75) is 32.7 Å². The lowest BCUT2D eigenvalue weighted by Crippen LogP contribution is -2.27. The van der Waals surface area contributed by atoms with E-state index in [9.17, 15) is 14.9 Å². The van der Waals surface area contributed by atoms with E-state index < -0.39 is 4.92 Å². The molecule has 0 radical (unpaired) electrons.